The van der Waals surface area contributed by atoms with Crippen LogP contribution in [0.3, 0.4) is 0 Å². The molecule has 6 nitrogen and oxygen atoms in total. The lowest BCUT2D eigenvalue weighted by atomic mass is 9.67. The molecule has 1 saturated carbocycles. The van der Waals surface area contributed by atoms with Crippen LogP contribution in [0.2, 0.25) is 0 Å². The lowest BCUT2D eigenvalue weighted by molar-refractivity contribution is -0.00713. The van der Waals surface area contributed by atoms with Crippen molar-refractivity contribution in [3.63, 3.8) is 0 Å². The zero-order valence-corrected chi connectivity index (χ0v) is 15.3. The van der Waals surface area contributed by atoms with E-state index in [4.69, 9.17) is 4.74 Å². The smallest absolute Gasteiger partial charge is 0.274 e. The molecular weight excluding hydrogens is 318 g/mol. The number of nitrogens with zero attached hydrogens (tertiary/aromatic N) is 2. The number of nitrogens with one attached hydrogen (secondary N) is 1. The molecular formula is C19H29N3O3. The van der Waals surface area contributed by atoms with Gasteiger partial charge in [0.15, 0.2) is 5.69 Å². The molecule has 3 aliphatic rings. The fourth-order valence-electron chi connectivity index (χ4n) is 4.90. The molecule has 6 heteroatoms. The topological polar surface area (TPSA) is 78.5 Å². The van der Waals surface area contributed by atoms with Gasteiger partial charge in [-0.05, 0) is 57.8 Å². The lowest BCUT2D eigenvalue weighted by Crippen LogP contribution is -2.45. The fraction of sp³-hybridized carbons (Fsp3) is 0.789. The van der Waals surface area contributed by atoms with E-state index in [0.717, 1.165) is 69.3 Å². The molecule has 25 heavy (non-hydrogen) atoms. The Hall–Kier alpha value is -1.40. The summed E-state index contributed by atoms with van der Waals surface area (Å²) in [5.41, 5.74) is 2.93. The second kappa shape index (κ2) is 6.40. The molecule has 2 aliphatic heterocycles. The van der Waals surface area contributed by atoms with E-state index in [0.29, 0.717) is 11.1 Å². The van der Waals surface area contributed by atoms with Crippen molar-refractivity contribution in [2.24, 2.45) is 5.41 Å². The first-order valence-corrected chi connectivity index (χ1v) is 9.67. The zero-order valence-electron chi connectivity index (χ0n) is 15.3. The van der Waals surface area contributed by atoms with E-state index >= 15 is 0 Å². The summed E-state index contributed by atoms with van der Waals surface area (Å²) in [5.74, 6) is 0.0597. The van der Waals surface area contributed by atoms with Crippen molar-refractivity contribution >= 4 is 5.91 Å². The van der Waals surface area contributed by atoms with Gasteiger partial charge in [0.2, 0.25) is 0 Å². The first-order chi connectivity index (χ1) is 12.0. The number of amides is 1. The molecule has 2 fully saturated rings. The van der Waals surface area contributed by atoms with Gasteiger partial charge in [-0.15, -0.1) is 0 Å². The van der Waals surface area contributed by atoms with E-state index in [2.05, 4.69) is 10.2 Å². The summed E-state index contributed by atoms with van der Waals surface area (Å²) in [7, 11) is 0. The van der Waals surface area contributed by atoms with Crippen molar-refractivity contribution in [3.05, 3.63) is 17.0 Å². The van der Waals surface area contributed by atoms with E-state index in [1.165, 1.54) is 0 Å². The average Bonchev–Trinajstić information content (AvgIpc) is 3.02. The number of aromatic amines is 1. The number of hydrogen-bond acceptors (Lipinski definition) is 4. The molecule has 0 bridgehead atoms. The normalized spacial score (nSPS) is 29.6. The second-order valence-electron chi connectivity index (χ2n) is 8.28. The van der Waals surface area contributed by atoms with E-state index in [1.54, 1.807) is 0 Å². The van der Waals surface area contributed by atoms with Crippen LogP contribution in [-0.4, -0.2) is 51.4 Å². The minimum absolute atomic E-state index is 0.0360. The summed E-state index contributed by atoms with van der Waals surface area (Å²) in [5, 5.41) is 17.1. The summed E-state index contributed by atoms with van der Waals surface area (Å²) in [4.78, 5) is 15.0. The summed E-state index contributed by atoms with van der Waals surface area (Å²) >= 11 is 0. The zero-order chi connectivity index (χ0) is 17.6. The van der Waals surface area contributed by atoms with Crippen LogP contribution in [0.25, 0.3) is 0 Å². The Morgan fingerprint density at radius 1 is 1.24 bits per heavy atom. The van der Waals surface area contributed by atoms with Crippen LogP contribution < -0.4 is 0 Å². The Morgan fingerprint density at radius 3 is 2.60 bits per heavy atom. The van der Waals surface area contributed by atoms with Crippen LogP contribution in [0.4, 0.5) is 0 Å². The predicted molar refractivity (Wildman–Crippen MR) is 93.3 cm³/mol. The van der Waals surface area contributed by atoms with Crippen LogP contribution in [0.1, 0.15) is 80.2 Å². The number of aliphatic hydroxyl groups excluding tert-OH is 1. The molecule has 1 saturated heterocycles. The molecule has 138 valence electrons. The first kappa shape index (κ1) is 17.0. The van der Waals surface area contributed by atoms with Gasteiger partial charge in [-0.3, -0.25) is 9.89 Å². The van der Waals surface area contributed by atoms with Crippen LogP contribution >= 0.6 is 0 Å². The highest BCUT2D eigenvalue weighted by molar-refractivity contribution is 5.94. The number of carbonyl (C=O) groups is 1. The third-order valence-electron chi connectivity index (χ3n) is 6.56. The van der Waals surface area contributed by atoms with Crippen molar-refractivity contribution in [1.29, 1.82) is 0 Å². The Bertz CT molecular complexity index is 638. The summed E-state index contributed by atoms with van der Waals surface area (Å²) in [6.45, 7) is 5.66. The molecule has 1 amide bonds. The van der Waals surface area contributed by atoms with Gasteiger partial charge in [0.1, 0.15) is 0 Å². The fourth-order valence-corrected chi connectivity index (χ4v) is 4.90. The quantitative estimate of drug-likeness (QED) is 0.818. The molecule has 1 spiro atoms. The standard InChI is InChI=1S/C19H29N3O3/c1-12-11-15-16(13(2)25-12)20-21-17(15)18(24)22-9-7-19(8-10-22)5-3-14(23)4-6-19/h12-14,23H,3-11H2,1-2H3,(H,20,21)/t12-,13+/m1/s1. The van der Waals surface area contributed by atoms with Crippen molar-refractivity contribution < 1.29 is 14.6 Å². The Morgan fingerprint density at radius 2 is 1.92 bits per heavy atom. The summed E-state index contributed by atoms with van der Waals surface area (Å²) < 4.78 is 5.82. The number of hydrogen-bond donors (Lipinski definition) is 2. The molecule has 1 aromatic heterocycles. The van der Waals surface area contributed by atoms with E-state index in [9.17, 15) is 9.90 Å². The molecule has 2 N–H and O–H groups in total. The highest BCUT2D eigenvalue weighted by Gasteiger charge is 2.40. The number of rotatable bonds is 1. The number of fused-ring (bicyclic) bond motifs is 1. The van der Waals surface area contributed by atoms with Gasteiger partial charge in [0.25, 0.3) is 5.91 Å². The van der Waals surface area contributed by atoms with Gasteiger partial charge < -0.3 is 14.7 Å². The maximum Gasteiger partial charge on any atom is 0.274 e. The third kappa shape index (κ3) is 3.10. The third-order valence-corrected chi connectivity index (χ3v) is 6.56. The van der Waals surface area contributed by atoms with Gasteiger partial charge >= 0.3 is 0 Å². The predicted octanol–water partition coefficient (Wildman–Crippen LogP) is 2.59. The maximum atomic E-state index is 13.0. The van der Waals surface area contributed by atoms with E-state index in [1.807, 2.05) is 18.7 Å². The van der Waals surface area contributed by atoms with Gasteiger partial charge in [-0.2, -0.15) is 5.10 Å². The van der Waals surface area contributed by atoms with Crippen molar-refractivity contribution in [2.75, 3.05) is 13.1 Å². The van der Waals surface area contributed by atoms with Crippen LogP contribution in [0, 0.1) is 5.41 Å². The average molecular weight is 347 g/mol. The highest BCUT2D eigenvalue weighted by Crippen LogP contribution is 2.44. The number of H-pyrrole nitrogens is 1. The van der Waals surface area contributed by atoms with Gasteiger partial charge in [-0.1, -0.05) is 0 Å². The number of aliphatic hydroxyl groups is 1. The molecule has 0 unspecified atom stereocenters. The Labute approximate surface area is 148 Å². The van der Waals surface area contributed by atoms with Crippen molar-refractivity contribution in [3.8, 4) is 0 Å². The summed E-state index contributed by atoms with van der Waals surface area (Å²) in [6, 6.07) is 0. The lowest BCUT2D eigenvalue weighted by Gasteiger charge is -2.45. The highest BCUT2D eigenvalue weighted by atomic mass is 16.5. The number of likely N-dealkylation sites (tertiary alicyclic amines) is 1. The second-order valence-corrected chi connectivity index (χ2v) is 8.28. The number of ether oxygens (including phenoxy) is 1. The molecule has 2 atom stereocenters. The number of aromatic nitrogens is 2. The SMILES string of the molecule is C[C@@H]1Cc2c(C(=O)N3CCC4(CCC(O)CC4)CC3)n[nH]c2[C@H](C)O1. The van der Waals surface area contributed by atoms with Crippen LogP contribution in [0.15, 0.2) is 0 Å². The minimum Gasteiger partial charge on any atom is -0.393 e. The molecule has 0 radical (unpaired) electrons. The minimum atomic E-state index is -0.118. The van der Waals surface area contributed by atoms with Gasteiger partial charge in [0.05, 0.1) is 24.0 Å². The van der Waals surface area contributed by atoms with Crippen LogP contribution in [0.5, 0.6) is 0 Å². The molecule has 3 heterocycles. The Balaban J connectivity index is 1.45. The number of carbonyl (C=O) groups excluding carboxylic acids is 1. The van der Waals surface area contributed by atoms with Crippen molar-refractivity contribution in [2.45, 2.75) is 77.1 Å². The van der Waals surface area contributed by atoms with Gasteiger partial charge in [-0.25, -0.2) is 0 Å². The van der Waals surface area contributed by atoms with Crippen LogP contribution in [-0.2, 0) is 11.2 Å². The number of piperidine rings is 1. The molecule has 1 aromatic rings. The largest absolute Gasteiger partial charge is 0.393 e. The van der Waals surface area contributed by atoms with E-state index < -0.39 is 0 Å². The maximum absolute atomic E-state index is 13.0. The monoisotopic (exact) mass is 347 g/mol. The molecule has 1 aliphatic carbocycles. The molecule has 4 rings (SSSR count). The van der Waals surface area contributed by atoms with E-state index in [-0.39, 0.29) is 24.2 Å². The Kier molecular flexibility index (Phi) is 4.36. The van der Waals surface area contributed by atoms with Gasteiger partial charge in [0, 0.05) is 25.1 Å². The summed E-state index contributed by atoms with van der Waals surface area (Å²) in [6.07, 6.45) is 6.83. The first-order valence-electron chi connectivity index (χ1n) is 9.67. The van der Waals surface area contributed by atoms with Crippen molar-refractivity contribution in [1.82, 2.24) is 15.1 Å². The molecule has 0 aromatic carbocycles.